The molecule has 4 rings (SSSR count). The smallest absolute Gasteiger partial charge is 0.387 e. The van der Waals surface area contributed by atoms with Crippen LogP contribution < -0.4 is 19.7 Å². The molecule has 10 nitrogen and oxygen atoms in total. The number of fused-ring (bicyclic) bond motifs is 1. The third-order valence-electron chi connectivity index (χ3n) is 4.79. The minimum Gasteiger partial charge on any atom is -0.482 e. The molecule has 2 aromatic carbocycles. The summed E-state index contributed by atoms with van der Waals surface area (Å²) in [6, 6.07) is 9.71. The van der Waals surface area contributed by atoms with Gasteiger partial charge >= 0.3 is 6.61 Å². The lowest BCUT2D eigenvalue weighted by atomic mass is 10.1. The van der Waals surface area contributed by atoms with Crippen LogP contribution in [0, 0.1) is 17.0 Å². The molecule has 0 saturated heterocycles. The van der Waals surface area contributed by atoms with E-state index in [1.165, 1.54) is 41.7 Å². The summed E-state index contributed by atoms with van der Waals surface area (Å²) in [5.74, 6) is -0.820. The number of alkyl halides is 2. The second-order valence-corrected chi connectivity index (χ2v) is 8.26. The number of nitrogens with one attached hydrogen (secondary N) is 1. The number of nitrogens with zero attached hydrogens (tertiary/aromatic N) is 3. The van der Waals surface area contributed by atoms with Crippen LogP contribution in [0.25, 0.3) is 11.3 Å². The number of rotatable bonds is 7. The number of ether oxygens (including phenoxy) is 2. The summed E-state index contributed by atoms with van der Waals surface area (Å²) < 4.78 is 34.3. The van der Waals surface area contributed by atoms with Gasteiger partial charge in [-0.1, -0.05) is 0 Å². The molecular formula is C21H16F2N4O6S. The van der Waals surface area contributed by atoms with Crippen LogP contribution in [0.4, 0.5) is 25.3 Å². The molecule has 3 aromatic rings. The van der Waals surface area contributed by atoms with E-state index in [0.29, 0.717) is 11.3 Å². The first-order valence-electron chi connectivity index (χ1n) is 9.75. The number of halogens is 2. The summed E-state index contributed by atoms with van der Waals surface area (Å²) in [7, 11) is 0. The predicted octanol–water partition coefficient (Wildman–Crippen LogP) is 3.99. The number of carbonyl (C=O) groups excluding carboxylic acids is 2. The third-order valence-corrected chi connectivity index (χ3v) is 5.68. The summed E-state index contributed by atoms with van der Waals surface area (Å²) in [5.41, 5.74) is 1.07. The third kappa shape index (κ3) is 4.93. The van der Waals surface area contributed by atoms with Gasteiger partial charge in [-0.15, -0.1) is 11.3 Å². The molecule has 0 aliphatic carbocycles. The molecule has 1 aliphatic heterocycles. The first kappa shape index (κ1) is 23.0. The SMILES string of the molecule is Cc1sc(NC(=O)CN2C(=O)COc3ccc([N+](=O)[O-])cc32)nc1-c1ccc(OC(F)F)cc1. The zero-order valence-corrected chi connectivity index (χ0v) is 18.3. The molecule has 1 N–H and O–H groups in total. The minimum absolute atomic E-state index is 0.0101. The lowest BCUT2D eigenvalue weighted by Crippen LogP contribution is -2.43. The normalized spacial score (nSPS) is 12.8. The van der Waals surface area contributed by atoms with Gasteiger partial charge in [0.2, 0.25) is 5.91 Å². The molecule has 176 valence electrons. The molecule has 0 bridgehead atoms. The molecule has 2 amide bonds. The minimum atomic E-state index is -2.93. The Morgan fingerprint density at radius 1 is 1.32 bits per heavy atom. The highest BCUT2D eigenvalue weighted by Gasteiger charge is 2.29. The van der Waals surface area contributed by atoms with Gasteiger partial charge in [0.1, 0.15) is 18.0 Å². The summed E-state index contributed by atoms with van der Waals surface area (Å²) in [4.78, 5) is 41.8. The number of nitro benzene ring substituents is 1. The molecule has 0 atom stereocenters. The van der Waals surface area contributed by atoms with Crippen molar-refractivity contribution in [3.05, 3.63) is 57.5 Å². The van der Waals surface area contributed by atoms with Gasteiger partial charge in [-0.2, -0.15) is 8.78 Å². The average Bonchev–Trinajstić information content (AvgIpc) is 3.15. The van der Waals surface area contributed by atoms with E-state index < -0.39 is 29.9 Å². The van der Waals surface area contributed by atoms with Crippen LogP contribution >= 0.6 is 11.3 Å². The van der Waals surface area contributed by atoms with Crippen LogP contribution in [0.5, 0.6) is 11.5 Å². The zero-order valence-electron chi connectivity index (χ0n) is 17.5. The maximum atomic E-state index is 12.7. The predicted molar refractivity (Wildman–Crippen MR) is 118 cm³/mol. The highest BCUT2D eigenvalue weighted by atomic mass is 32.1. The highest BCUT2D eigenvalue weighted by Crippen LogP contribution is 2.35. The van der Waals surface area contributed by atoms with E-state index in [9.17, 15) is 28.5 Å². The fourth-order valence-corrected chi connectivity index (χ4v) is 4.14. The van der Waals surface area contributed by atoms with Crippen molar-refractivity contribution in [2.24, 2.45) is 0 Å². The number of amides is 2. The maximum absolute atomic E-state index is 12.7. The highest BCUT2D eigenvalue weighted by molar-refractivity contribution is 7.16. The second kappa shape index (κ2) is 9.39. The number of thiazole rings is 1. The quantitative estimate of drug-likeness (QED) is 0.392. The van der Waals surface area contributed by atoms with Crippen LogP contribution in [0.2, 0.25) is 0 Å². The number of carbonyl (C=O) groups is 2. The summed E-state index contributed by atoms with van der Waals surface area (Å²) >= 11 is 1.20. The number of aryl methyl sites for hydroxylation is 1. The number of nitro groups is 1. The molecule has 0 spiro atoms. The van der Waals surface area contributed by atoms with E-state index in [0.717, 1.165) is 9.78 Å². The summed E-state index contributed by atoms with van der Waals surface area (Å²) in [5, 5.41) is 14.0. The Hall–Kier alpha value is -4.13. The maximum Gasteiger partial charge on any atom is 0.387 e. The Morgan fingerprint density at radius 2 is 2.06 bits per heavy atom. The Bertz CT molecular complexity index is 1260. The molecule has 2 heterocycles. The van der Waals surface area contributed by atoms with E-state index in [1.807, 2.05) is 0 Å². The molecule has 0 saturated carbocycles. The first-order chi connectivity index (χ1) is 16.2. The van der Waals surface area contributed by atoms with E-state index in [-0.39, 0.29) is 34.6 Å². The van der Waals surface area contributed by atoms with Gasteiger partial charge in [0.25, 0.3) is 11.6 Å². The van der Waals surface area contributed by atoms with Crippen molar-refractivity contribution in [3.63, 3.8) is 0 Å². The number of non-ortho nitro benzene ring substituents is 1. The van der Waals surface area contributed by atoms with E-state index in [4.69, 9.17) is 4.74 Å². The van der Waals surface area contributed by atoms with Gasteiger partial charge in [-0.25, -0.2) is 4.98 Å². The van der Waals surface area contributed by atoms with E-state index in [1.54, 1.807) is 19.1 Å². The molecule has 0 radical (unpaired) electrons. The fraction of sp³-hybridized carbons (Fsp3) is 0.190. The summed E-state index contributed by atoms with van der Waals surface area (Å²) in [6.07, 6.45) is 0. The Balaban J connectivity index is 1.49. The van der Waals surface area contributed by atoms with Gasteiger partial charge in [-0.3, -0.25) is 24.6 Å². The van der Waals surface area contributed by atoms with Crippen molar-refractivity contribution < 1.29 is 32.8 Å². The van der Waals surface area contributed by atoms with Gasteiger partial charge in [0.15, 0.2) is 11.7 Å². The van der Waals surface area contributed by atoms with Gasteiger partial charge in [-0.05, 0) is 37.3 Å². The molecule has 0 fully saturated rings. The molecule has 1 aliphatic rings. The monoisotopic (exact) mass is 490 g/mol. The van der Waals surface area contributed by atoms with Gasteiger partial charge in [0.05, 0.1) is 16.3 Å². The number of aromatic nitrogens is 1. The Labute approximate surface area is 194 Å². The van der Waals surface area contributed by atoms with Crippen LogP contribution in [0.3, 0.4) is 0 Å². The van der Waals surface area contributed by atoms with Crippen molar-refractivity contribution in [1.29, 1.82) is 0 Å². The van der Waals surface area contributed by atoms with Crippen LogP contribution in [0.1, 0.15) is 4.88 Å². The van der Waals surface area contributed by atoms with Crippen LogP contribution in [-0.2, 0) is 9.59 Å². The average molecular weight is 490 g/mol. The molecule has 34 heavy (non-hydrogen) atoms. The fourth-order valence-electron chi connectivity index (χ4n) is 3.29. The van der Waals surface area contributed by atoms with Crippen molar-refractivity contribution >= 4 is 39.7 Å². The van der Waals surface area contributed by atoms with Crippen LogP contribution in [-0.4, -0.2) is 41.5 Å². The van der Waals surface area contributed by atoms with Crippen molar-refractivity contribution in [3.8, 4) is 22.8 Å². The van der Waals surface area contributed by atoms with E-state index >= 15 is 0 Å². The number of hydrogen-bond acceptors (Lipinski definition) is 8. The molecule has 13 heteroatoms. The van der Waals surface area contributed by atoms with Gasteiger partial charge in [0, 0.05) is 22.6 Å². The standard InChI is InChI=1S/C21H16F2N4O6S/c1-11-19(12-2-5-14(6-3-12)33-20(22)23)25-21(34-11)24-17(28)9-26-15-8-13(27(30)31)4-7-16(15)32-10-18(26)29/h2-8,20H,9-10H2,1H3,(H,24,25,28). The molecule has 1 aromatic heterocycles. The van der Waals surface area contributed by atoms with Crippen LogP contribution in [0.15, 0.2) is 42.5 Å². The van der Waals surface area contributed by atoms with Crippen molar-refractivity contribution in [2.75, 3.05) is 23.4 Å². The van der Waals surface area contributed by atoms with Gasteiger partial charge < -0.3 is 14.8 Å². The van der Waals surface area contributed by atoms with Crippen molar-refractivity contribution in [1.82, 2.24) is 4.98 Å². The lowest BCUT2D eigenvalue weighted by molar-refractivity contribution is -0.384. The van der Waals surface area contributed by atoms with E-state index in [2.05, 4.69) is 15.0 Å². The zero-order chi connectivity index (χ0) is 24.4. The number of anilines is 2. The Kier molecular flexibility index (Phi) is 6.36. The Morgan fingerprint density at radius 3 is 2.74 bits per heavy atom. The second-order valence-electron chi connectivity index (χ2n) is 7.05. The number of benzene rings is 2. The first-order valence-corrected chi connectivity index (χ1v) is 10.6. The largest absolute Gasteiger partial charge is 0.482 e. The molecular weight excluding hydrogens is 474 g/mol. The van der Waals surface area contributed by atoms with Crippen molar-refractivity contribution in [2.45, 2.75) is 13.5 Å². The topological polar surface area (TPSA) is 124 Å². The number of hydrogen-bond donors (Lipinski definition) is 1. The lowest BCUT2D eigenvalue weighted by Gasteiger charge is -2.28. The summed E-state index contributed by atoms with van der Waals surface area (Å²) in [6.45, 7) is -1.84. The molecule has 0 unspecified atom stereocenters.